The molecule has 22 heavy (non-hydrogen) atoms. The Morgan fingerprint density at radius 3 is 2.23 bits per heavy atom. The van der Waals surface area contributed by atoms with Crippen LogP contribution in [0, 0.1) is 0 Å². The summed E-state index contributed by atoms with van der Waals surface area (Å²) in [6.07, 6.45) is -4.88. The third-order valence-electron chi connectivity index (χ3n) is 3.41. The molecule has 120 valence electrons. The van der Waals surface area contributed by atoms with Crippen LogP contribution < -0.4 is 4.74 Å². The number of halogens is 3. The van der Waals surface area contributed by atoms with Gasteiger partial charge in [0.25, 0.3) is 5.91 Å². The highest BCUT2D eigenvalue weighted by Crippen LogP contribution is 2.20. The number of amides is 2. The first kappa shape index (κ1) is 16.1. The average molecular weight is 316 g/mol. The van der Waals surface area contributed by atoms with Gasteiger partial charge < -0.3 is 14.5 Å². The van der Waals surface area contributed by atoms with Gasteiger partial charge in [-0.2, -0.15) is 13.2 Å². The smallest absolute Gasteiger partial charge is 0.471 e. The number of rotatable bonds is 2. The number of alkyl halides is 3. The number of benzene rings is 1. The lowest BCUT2D eigenvalue weighted by Gasteiger charge is -2.35. The summed E-state index contributed by atoms with van der Waals surface area (Å²) in [5, 5.41) is 0. The van der Waals surface area contributed by atoms with Gasteiger partial charge in [0.15, 0.2) is 0 Å². The van der Waals surface area contributed by atoms with Gasteiger partial charge in [0.1, 0.15) is 5.75 Å². The van der Waals surface area contributed by atoms with E-state index < -0.39 is 12.1 Å². The minimum Gasteiger partial charge on any atom is -0.497 e. The number of hydrogen-bond donors (Lipinski definition) is 0. The molecule has 2 amide bonds. The van der Waals surface area contributed by atoms with Gasteiger partial charge in [0.2, 0.25) is 0 Å². The molecular formula is C14H15F3N2O3. The van der Waals surface area contributed by atoms with Crippen LogP contribution in [-0.4, -0.2) is 61.1 Å². The number of ether oxygens (including phenoxy) is 1. The molecule has 5 nitrogen and oxygen atoms in total. The van der Waals surface area contributed by atoms with Crippen LogP contribution in [0.15, 0.2) is 24.3 Å². The first-order valence-corrected chi connectivity index (χ1v) is 6.62. The molecule has 0 atom stereocenters. The molecule has 1 aromatic carbocycles. The van der Waals surface area contributed by atoms with E-state index in [-0.39, 0.29) is 32.1 Å². The molecule has 0 aromatic heterocycles. The largest absolute Gasteiger partial charge is 0.497 e. The molecule has 0 unspecified atom stereocenters. The fraction of sp³-hybridized carbons (Fsp3) is 0.429. The van der Waals surface area contributed by atoms with E-state index in [1.54, 1.807) is 24.3 Å². The molecule has 1 aliphatic heterocycles. The van der Waals surface area contributed by atoms with Crippen molar-refractivity contribution >= 4 is 11.8 Å². The van der Waals surface area contributed by atoms with E-state index in [9.17, 15) is 22.8 Å². The first-order chi connectivity index (χ1) is 10.3. The zero-order valence-electron chi connectivity index (χ0n) is 11.9. The topological polar surface area (TPSA) is 49.9 Å². The van der Waals surface area contributed by atoms with Crippen LogP contribution in [-0.2, 0) is 4.79 Å². The number of carbonyl (C=O) groups excluding carboxylic acids is 2. The van der Waals surface area contributed by atoms with Crippen LogP contribution in [0.2, 0.25) is 0 Å². The lowest BCUT2D eigenvalue weighted by Crippen LogP contribution is -2.53. The van der Waals surface area contributed by atoms with E-state index in [2.05, 4.69) is 0 Å². The lowest BCUT2D eigenvalue weighted by atomic mass is 10.1. The van der Waals surface area contributed by atoms with Crippen LogP contribution in [0.1, 0.15) is 10.4 Å². The second kappa shape index (κ2) is 6.25. The molecule has 0 radical (unpaired) electrons. The molecule has 1 aromatic rings. The van der Waals surface area contributed by atoms with Gasteiger partial charge in [-0.05, 0) is 18.2 Å². The minimum atomic E-state index is -4.88. The van der Waals surface area contributed by atoms with Gasteiger partial charge in [0.05, 0.1) is 7.11 Å². The van der Waals surface area contributed by atoms with Gasteiger partial charge in [-0.1, -0.05) is 6.07 Å². The van der Waals surface area contributed by atoms with E-state index in [1.807, 2.05) is 0 Å². The Bertz CT molecular complexity index is 567. The van der Waals surface area contributed by atoms with Crippen molar-refractivity contribution in [3.63, 3.8) is 0 Å². The number of nitrogens with zero attached hydrogens (tertiary/aromatic N) is 2. The summed E-state index contributed by atoms with van der Waals surface area (Å²) in [6, 6.07) is 6.53. The van der Waals surface area contributed by atoms with Crippen molar-refractivity contribution in [1.82, 2.24) is 9.80 Å². The summed E-state index contributed by atoms with van der Waals surface area (Å²) in [5.74, 6) is -1.63. The normalized spacial score (nSPS) is 15.6. The van der Waals surface area contributed by atoms with Crippen molar-refractivity contribution < 1.29 is 27.5 Å². The molecule has 0 N–H and O–H groups in total. The molecule has 1 heterocycles. The second-order valence-corrected chi connectivity index (χ2v) is 4.81. The van der Waals surface area contributed by atoms with E-state index in [1.165, 1.54) is 12.0 Å². The Morgan fingerprint density at radius 2 is 1.68 bits per heavy atom. The minimum absolute atomic E-state index is 0.0673. The summed E-state index contributed by atoms with van der Waals surface area (Å²) in [4.78, 5) is 25.6. The average Bonchev–Trinajstić information content (AvgIpc) is 2.53. The molecule has 0 spiro atoms. The van der Waals surface area contributed by atoms with Crippen molar-refractivity contribution in [1.29, 1.82) is 0 Å². The molecule has 0 aliphatic carbocycles. The molecule has 1 saturated heterocycles. The molecule has 2 rings (SSSR count). The maximum Gasteiger partial charge on any atom is 0.471 e. The summed E-state index contributed by atoms with van der Waals surface area (Å²) < 4.78 is 42.1. The van der Waals surface area contributed by atoms with Crippen molar-refractivity contribution in [3.8, 4) is 5.75 Å². The van der Waals surface area contributed by atoms with E-state index in [0.29, 0.717) is 11.3 Å². The Kier molecular flexibility index (Phi) is 4.58. The van der Waals surface area contributed by atoms with E-state index >= 15 is 0 Å². The van der Waals surface area contributed by atoms with Crippen LogP contribution in [0.5, 0.6) is 5.75 Å². The Labute approximate surface area is 125 Å². The van der Waals surface area contributed by atoms with Crippen LogP contribution in [0.3, 0.4) is 0 Å². The summed E-state index contributed by atoms with van der Waals surface area (Å²) in [7, 11) is 1.48. The predicted molar refractivity (Wildman–Crippen MR) is 71.5 cm³/mol. The SMILES string of the molecule is COc1cccc(C(=O)N2CCN(C(=O)C(F)(F)F)CC2)c1. The second-order valence-electron chi connectivity index (χ2n) is 4.81. The summed E-state index contributed by atoms with van der Waals surface area (Å²) in [5.41, 5.74) is 0.398. The molecule has 0 saturated carbocycles. The molecule has 1 fully saturated rings. The molecule has 0 bridgehead atoms. The standard InChI is InChI=1S/C14H15F3N2O3/c1-22-11-4-2-3-10(9-11)12(20)18-5-7-19(8-6-18)13(21)14(15,16)17/h2-4,9H,5-8H2,1H3. The third kappa shape index (κ3) is 3.49. The number of methoxy groups -OCH3 is 1. The fourth-order valence-corrected chi connectivity index (χ4v) is 2.23. The fourth-order valence-electron chi connectivity index (χ4n) is 2.23. The quantitative estimate of drug-likeness (QED) is 0.832. The summed E-state index contributed by atoms with van der Waals surface area (Å²) >= 11 is 0. The van der Waals surface area contributed by atoms with Crippen molar-refractivity contribution in [3.05, 3.63) is 29.8 Å². The zero-order valence-corrected chi connectivity index (χ0v) is 11.9. The highest BCUT2D eigenvalue weighted by Gasteiger charge is 2.43. The molecule has 8 heteroatoms. The van der Waals surface area contributed by atoms with Gasteiger partial charge in [-0.15, -0.1) is 0 Å². The maximum atomic E-state index is 12.4. The van der Waals surface area contributed by atoms with Crippen LogP contribution in [0.25, 0.3) is 0 Å². The highest BCUT2D eigenvalue weighted by atomic mass is 19.4. The maximum absolute atomic E-state index is 12.4. The van der Waals surface area contributed by atoms with Gasteiger partial charge in [-0.25, -0.2) is 0 Å². The first-order valence-electron chi connectivity index (χ1n) is 6.62. The summed E-state index contributed by atoms with van der Waals surface area (Å²) in [6.45, 7) is -0.127. The Hall–Kier alpha value is -2.25. The Morgan fingerprint density at radius 1 is 1.09 bits per heavy atom. The molecular weight excluding hydrogens is 301 g/mol. The van der Waals surface area contributed by atoms with Crippen molar-refractivity contribution in [2.24, 2.45) is 0 Å². The number of hydrogen-bond acceptors (Lipinski definition) is 3. The monoisotopic (exact) mass is 316 g/mol. The predicted octanol–water partition coefficient (Wildman–Crippen LogP) is 1.54. The van der Waals surface area contributed by atoms with E-state index in [0.717, 1.165) is 4.90 Å². The number of carbonyl (C=O) groups is 2. The zero-order chi connectivity index (χ0) is 16.3. The highest BCUT2D eigenvalue weighted by molar-refractivity contribution is 5.94. The van der Waals surface area contributed by atoms with Crippen molar-refractivity contribution in [2.45, 2.75) is 6.18 Å². The van der Waals surface area contributed by atoms with Crippen LogP contribution in [0.4, 0.5) is 13.2 Å². The van der Waals surface area contributed by atoms with Gasteiger partial charge in [-0.3, -0.25) is 9.59 Å². The van der Waals surface area contributed by atoms with Crippen molar-refractivity contribution in [2.75, 3.05) is 33.3 Å². The van der Waals surface area contributed by atoms with Crippen LogP contribution >= 0.6 is 0 Å². The molecule has 1 aliphatic rings. The van der Waals surface area contributed by atoms with E-state index in [4.69, 9.17) is 4.74 Å². The van der Waals surface area contributed by atoms with Gasteiger partial charge in [0, 0.05) is 31.7 Å². The number of piperazine rings is 1. The van der Waals surface area contributed by atoms with Gasteiger partial charge >= 0.3 is 12.1 Å². The Balaban J connectivity index is 1.99. The third-order valence-corrected chi connectivity index (χ3v) is 3.41. The lowest BCUT2D eigenvalue weighted by molar-refractivity contribution is -0.186.